The van der Waals surface area contributed by atoms with Crippen LogP contribution in [0.15, 0.2) is 47.0 Å². The van der Waals surface area contributed by atoms with Crippen LogP contribution in [0.2, 0.25) is 5.02 Å². The third-order valence-corrected chi connectivity index (χ3v) is 4.17. The molecular formula is C15H10ClF2N3O2S. The van der Waals surface area contributed by atoms with Gasteiger partial charge in [-0.15, -0.1) is 11.3 Å². The van der Waals surface area contributed by atoms with Gasteiger partial charge in [-0.2, -0.15) is 13.8 Å². The molecule has 0 bridgehead atoms. The first-order chi connectivity index (χ1) is 11.5. The summed E-state index contributed by atoms with van der Waals surface area (Å²) in [5.41, 5.74) is 2.00. The second-order valence-electron chi connectivity index (χ2n) is 4.72. The summed E-state index contributed by atoms with van der Waals surface area (Å²) in [4.78, 5) is 20.9. The van der Waals surface area contributed by atoms with Crippen LogP contribution in [0.5, 0.6) is 5.75 Å². The number of aromatic nitrogens is 3. The normalized spacial score (nSPS) is 11.0. The molecule has 0 spiro atoms. The molecule has 0 saturated heterocycles. The Morgan fingerprint density at radius 1 is 1.33 bits per heavy atom. The average molecular weight is 370 g/mol. The average Bonchev–Trinajstić information content (AvgIpc) is 3.06. The van der Waals surface area contributed by atoms with E-state index in [0.717, 1.165) is 4.88 Å². The third kappa shape index (κ3) is 3.77. The van der Waals surface area contributed by atoms with Gasteiger partial charge in [0.25, 0.3) is 0 Å². The van der Waals surface area contributed by atoms with E-state index in [0.29, 0.717) is 16.3 Å². The Labute approximate surface area is 144 Å². The molecule has 0 fully saturated rings. The van der Waals surface area contributed by atoms with Gasteiger partial charge in [-0.25, -0.2) is 4.79 Å². The maximum Gasteiger partial charge on any atom is 0.387 e. The molecule has 124 valence electrons. The van der Waals surface area contributed by atoms with Crippen LogP contribution < -0.4 is 10.4 Å². The Morgan fingerprint density at radius 2 is 2.17 bits per heavy atom. The molecule has 1 aromatic carbocycles. The molecule has 5 nitrogen and oxygen atoms in total. The molecule has 24 heavy (non-hydrogen) atoms. The molecule has 2 heterocycles. The van der Waals surface area contributed by atoms with Crippen molar-refractivity contribution in [2.45, 2.75) is 13.2 Å². The van der Waals surface area contributed by atoms with Gasteiger partial charge in [-0.05, 0) is 24.3 Å². The third-order valence-electron chi connectivity index (χ3n) is 3.14. The van der Waals surface area contributed by atoms with Gasteiger partial charge in [0.05, 0.1) is 22.6 Å². The molecule has 0 unspecified atom stereocenters. The zero-order valence-electron chi connectivity index (χ0n) is 12.0. The highest BCUT2D eigenvalue weighted by atomic mass is 35.5. The van der Waals surface area contributed by atoms with Gasteiger partial charge < -0.3 is 4.74 Å². The van der Waals surface area contributed by atoms with Crippen molar-refractivity contribution in [3.63, 3.8) is 0 Å². The first-order valence-corrected chi connectivity index (χ1v) is 7.98. The molecule has 0 aliphatic carbocycles. The van der Waals surface area contributed by atoms with Crippen molar-refractivity contribution >= 4 is 22.9 Å². The second-order valence-corrected chi connectivity index (χ2v) is 6.04. The van der Waals surface area contributed by atoms with Crippen molar-refractivity contribution in [1.29, 1.82) is 0 Å². The van der Waals surface area contributed by atoms with Gasteiger partial charge in [-0.3, -0.25) is 9.55 Å². The van der Waals surface area contributed by atoms with Crippen LogP contribution in [-0.4, -0.2) is 21.1 Å². The molecule has 2 aromatic heterocycles. The summed E-state index contributed by atoms with van der Waals surface area (Å²) in [5, 5.41) is 0.355. The van der Waals surface area contributed by atoms with Crippen LogP contribution in [-0.2, 0) is 6.54 Å². The zero-order chi connectivity index (χ0) is 17.1. The van der Waals surface area contributed by atoms with Gasteiger partial charge in [0, 0.05) is 23.0 Å². The number of ether oxygens (including phenoxy) is 1. The summed E-state index contributed by atoms with van der Waals surface area (Å²) in [5.74, 6) is -0.0344. The first kappa shape index (κ1) is 16.5. The Balaban J connectivity index is 1.91. The topological polar surface area (TPSA) is 57.0 Å². The van der Waals surface area contributed by atoms with E-state index in [9.17, 15) is 13.6 Å². The zero-order valence-corrected chi connectivity index (χ0v) is 13.6. The fourth-order valence-corrected chi connectivity index (χ4v) is 2.88. The lowest BCUT2D eigenvalue weighted by molar-refractivity contribution is -0.0504. The monoisotopic (exact) mass is 369 g/mol. The Bertz CT molecular complexity index is 900. The second kappa shape index (κ2) is 7.06. The highest BCUT2D eigenvalue weighted by Crippen LogP contribution is 2.25. The lowest BCUT2D eigenvalue weighted by Gasteiger charge is -2.12. The van der Waals surface area contributed by atoms with Crippen LogP contribution in [0.3, 0.4) is 0 Å². The number of thiazole rings is 1. The van der Waals surface area contributed by atoms with Crippen molar-refractivity contribution in [3.05, 3.63) is 63.2 Å². The Kier molecular flexibility index (Phi) is 4.86. The van der Waals surface area contributed by atoms with Crippen LogP contribution in [0.4, 0.5) is 8.78 Å². The van der Waals surface area contributed by atoms with Crippen molar-refractivity contribution in [2.75, 3.05) is 0 Å². The number of nitrogens with zero attached hydrogens (tertiary/aromatic N) is 3. The fourth-order valence-electron chi connectivity index (χ4n) is 2.09. The largest absolute Gasteiger partial charge is 0.434 e. The summed E-state index contributed by atoms with van der Waals surface area (Å²) in [7, 11) is 0. The van der Waals surface area contributed by atoms with Gasteiger partial charge in [0.2, 0.25) is 0 Å². The van der Waals surface area contributed by atoms with E-state index in [1.807, 2.05) is 0 Å². The molecule has 0 atom stereocenters. The van der Waals surface area contributed by atoms with Gasteiger partial charge in [0.1, 0.15) is 5.75 Å². The van der Waals surface area contributed by atoms with E-state index in [1.165, 1.54) is 40.3 Å². The van der Waals surface area contributed by atoms with Crippen molar-refractivity contribution in [2.24, 2.45) is 0 Å². The summed E-state index contributed by atoms with van der Waals surface area (Å²) in [6, 6.07) is 5.92. The molecule has 0 saturated carbocycles. The lowest BCUT2D eigenvalue weighted by Crippen LogP contribution is -2.23. The molecule has 0 aliphatic heterocycles. The van der Waals surface area contributed by atoms with Crippen molar-refractivity contribution in [3.8, 4) is 16.3 Å². The molecule has 0 amide bonds. The maximum atomic E-state index is 12.5. The molecule has 3 aromatic rings. The molecule has 9 heteroatoms. The first-order valence-electron chi connectivity index (χ1n) is 6.72. The standard InChI is InChI=1S/C15H10ClF2N3O2S/c16-10-1-2-12(23-14(17)18)9(5-10)7-21-4-3-11(20-15(21)22)13-6-19-8-24-13/h1-6,8,14H,7H2. The quantitative estimate of drug-likeness (QED) is 0.688. The molecule has 0 radical (unpaired) electrons. The number of rotatable bonds is 5. The van der Waals surface area contributed by atoms with Gasteiger partial charge in [-0.1, -0.05) is 11.6 Å². The number of hydrogen-bond acceptors (Lipinski definition) is 5. The lowest BCUT2D eigenvalue weighted by atomic mass is 10.2. The highest BCUT2D eigenvalue weighted by Gasteiger charge is 2.12. The smallest absolute Gasteiger partial charge is 0.387 e. The summed E-state index contributed by atoms with van der Waals surface area (Å²) in [6.45, 7) is -2.95. The van der Waals surface area contributed by atoms with Crippen molar-refractivity contribution < 1.29 is 13.5 Å². The van der Waals surface area contributed by atoms with E-state index < -0.39 is 12.3 Å². The van der Waals surface area contributed by atoms with Crippen LogP contribution >= 0.6 is 22.9 Å². The highest BCUT2D eigenvalue weighted by molar-refractivity contribution is 7.13. The predicted molar refractivity (Wildman–Crippen MR) is 86.8 cm³/mol. The van der Waals surface area contributed by atoms with Gasteiger partial charge >= 0.3 is 12.3 Å². The maximum absolute atomic E-state index is 12.5. The number of benzene rings is 1. The minimum absolute atomic E-state index is 0.0113. The Hall–Kier alpha value is -2.32. The minimum atomic E-state index is -2.96. The van der Waals surface area contributed by atoms with E-state index in [1.54, 1.807) is 17.8 Å². The van der Waals surface area contributed by atoms with Crippen molar-refractivity contribution in [1.82, 2.24) is 14.5 Å². The minimum Gasteiger partial charge on any atom is -0.434 e. The van der Waals surface area contributed by atoms with E-state index in [-0.39, 0.29) is 12.3 Å². The van der Waals surface area contributed by atoms with E-state index in [2.05, 4.69) is 14.7 Å². The van der Waals surface area contributed by atoms with Crippen LogP contribution in [0.1, 0.15) is 5.56 Å². The van der Waals surface area contributed by atoms with Crippen LogP contribution in [0, 0.1) is 0 Å². The van der Waals surface area contributed by atoms with Crippen LogP contribution in [0.25, 0.3) is 10.6 Å². The number of hydrogen-bond donors (Lipinski definition) is 0. The number of halogens is 3. The molecule has 3 rings (SSSR count). The predicted octanol–water partition coefficient (Wildman–Crippen LogP) is 3.67. The van der Waals surface area contributed by atoms with E-state index >= 15 is 0 Å². The summed E-state index contributed by atoms with van der Waals surface area (Å²) in [6.07, 6.45) is 3.15. The molecule has 0 N–H and O–H groups in total. The Morgan fingerprint density at radius 3 is 2.83 bits per heavy atom. The molecule has 0 aliphatic rings. The van der Waals surface area contributed by atoms with Gasteiger partial charge in [0.15, 0.2) is 0 Å². The summed E-state index contributed by atoms with van der Waals surface area (Å²) < 4.78 is 30.7. The number of alkyl halides is 2. The molecular weight excluding hydrogens is 360 g/mol. The fraction of sp³-hybridized carbons (Fsp3) is 0.133. The SMILES string of the molecule is O=c1nc(-c2cncs2)ccn1Cc1cc(Cl)ccc1OC(F)F. The van der Waals surface area contributed by atoms with E-state index in [4.69, 9.17) is 11.6 Å². The summed E-state index contributed by atoms with van der Waals surface area (Å²) >= 11 is 7.26.